The van der Waals surface area contributed by atoms with Gasteiger partial charge in [-0.3, -0.25) is 0 Å². The number of fused-ring (bicyclic) bond motifs is 1. The number of aromatic hydroxyl groups is 1. The van der Waals surface area contributed by atoms with Gasteiger partial charge in [0.15, 0.2) is 11.5 Å². The van der Waals surface area contributed by atoms with Crippen LogP contribution in [0.2, 0.25) is 0 Å². The van der Waals surface area contributed by atoms with Gasteiger partial charge in [0.05, 0.1) is 0 Å². The molecule has 1 saturated carbocycles. The molecule has 2 aliphatic heterocycles. The van der Waals surface area contributed by atoms with Gasteiger partial charge in [-0.25, -0.2) is 0 Å². The molecule has 2 heterocycles. The minimum Gasteiger partial charge on any atom is -0.504 e. The molecule has 22 heavy (non-hydrogen) atoms. The molecule has 6 atom stereocenters. The Hall–Kier alpha value is -1.52. The number of phenols is 1. The summed E-state index contributed by atoms with van der Waals surface area (Å²) in [6.45, 7) is 1.13. The predicted octanol–water partition coefficient (Wildman–Crippen LogP) is 1.20. The lowest BCUT2D eigenvalue weighted by molar-refractivity contribution is -0.0433. The van der Waals surface area contributed by atoms with Crippen LogP contribution in [0.5, 0.6) is 11.5 Å². The largest absolute Gasteiger partial charge is 0.504 e. The molecule has 0 aromatic heterocycles. The molecule has 114 valence electrons. The SMILES string of the molecule is CN1CC23Cc4ccc(O)c5c4[C@]4(C2)[C@@H](C=C[C@H](O)[C@@H]4O5)[C@H]13. The Kier molecular flexibility index (Phi) is 1.75. The fourth-order valence-electron chi connectivity index (χ4n) is 6.74. The Bertz CT molecular complexity index is 759. The highest BCUT2D eigenvalue weighted by atomic mass is 16.5. The molecule has 3 aliphatic carbocycles. The monoisotopic (exact) mass is 297 g/mol. The maximum absolute atomic E-state index is 10.5. The van der Waals surface area contributed by atoms with E-state index in [1.54, 1.807) is 6.07 Å². The van der Waals surface area contributed by atoms with Crippen molar-refractivity contribution < 1.29 is 14.9 Å². The standard InChI is InChI=1S/C18H19NO3/c1-19-8-17-6-9-2-4-11(20)14-13(9)18(7-17)10(15(17)19)3-5-12(21)16(18)22-14/h2-5,10,12,15-16,20-21H,6-8H2,1H3/t10-,12-,15-,16-,17?,18-/m0/s1. The Morgan fingerprint density at radius 1 is 1.32 bits per heavy atom. The van der Waals surface area contributed by atoms with Crippen molar-refractivity contribution in [3.63, 3.8) is 0 Å². The summed E-state index contributed by atoms with van der Waals surface area (Å²) in [5.41, 5.74) is 2.69. The summed E-state index contributed by atoms with van der Waals surface area (Å²) in [5.74, 6) is 1.23. The Labute approximate surface area is 129 Å². The van der Waals surface area contributed by atoms with E-state index in [1.807, 2.05) is 6.08 Å². The summed E-state index contributed by atoms with van der Waals surface area (Å²) in [5, 5.41) is 20.8. The summed E-state index contributed by atoms with van der Waals surface area (Å²) in [7, 11) is 2.21. The number of ether oxygens (including phenoxy) is 1. The van der Waals surface area contributed by atoms with Gasteiger partial charge >= 0.3 is 0 Å². The molecule has 1 saturated heterocycles. The molecule has 1 unspecified atom stereocenters. The van der Waals surface area contributed by atoms with E-state index in [2.05, 4.69) is 24.1 Å². The van der Waals surface area contributed by atoms with Gasteiger partial charge in [0.1, 0.15) is 12.2 Å². The van der Waals surface area contributed by atoms with Gasteiger partial charge in [-0.2, -0.15) is 0 Å². The number of benzene rings is 1. The van der Waals surface area contributed by atoms with Crippen molar-refractivity contribution in [3.8, 4) is 11.5 Å². The highest BCUT2D eigenvalue weighted by Gasteiger charge is 2.75. The van der Waals surface area contributed by atoms with Crippen LogP contribution in [-0.2, 0) is 11.8 Å². The second-order valence-corrected chi connectivity index (χ2v) is 8.00. The molecule has 4 heteroatoms. The minimum absolute atomic E-state index is 0.148. The molecule has 2 bridgehead atoms. The maximum atomic E-state index is 10.5. The van der Waals surface area contributed by atoms with Crippen LogP contribution in [0, 0.1) is 11.3 Å². The van der Waals surface area contributed by atoms with E-state index in [9.17, 15) is 10.2 Å². The number of phenolic OH excluding ortho intramolecular Hbond substituents is 1. The summed E-state index contributed by atoms with van der Waals surface area (Å²) >= 11 is 0. The normalized spacial score (nSPS) is 49.4. The Balaban J connectivity index is 1.71. The quantitative estimate of drug-likeness (QED) is 0.707. The van der Waals surface area contributed by atoms with Gasteiger partial charge in [-0.1, -0.05) is 18.2 Å². The second kappa shape index (κ2) is 3.22. The van der Waals surface area contributed by atoms with Crippen LogP contribution in [0.25, 0.3) is 0 Å². The van der Waals surface area contributed by atoms with Crippen molar-refractivity contribution in [3.05, 3.63) is 35.4 Å². The van der Waals surface area contributed by atoms with E-state index in [1.165, 1.54) is 11.1 Å². The van der Waals surface area contributed by atoms with Crippen molar-refractivity contribution in [2.24, 2.45) is 11.3 Å². The van der Waals surface area contributed by atoms with Crippen LogP contribution in [-0.4, -0.2) is 47.0 Å². The van der Waals surface area contributed by atoms with E-state index in [-0.39, 0.29) is 17.3 Å². The first-order valence-electron chi connectivity index (χ1n) is 8.15. The van der Waals surface area contributed by atoms with Gasteiger partial charge in [-0.15, -0.1) is 0 Å². The number of hydrogen-bond acceptors (Lipinski definition) is 4. The van der Waals surface area contributed by atoms with Crippen molar-refractivity contribution in [1.29, 1.82) is 0 Å². The van der Waals surface area contributed by atoms with Gasteiger partial charge in [-0.05, 0) is 31.5 Å². The number of aliphatic hydroxyl groups excluding tert-OH is 1. The van der Waals surface area contributed by atoms with Crippen LogP contribution >= 0.6 is 0 Å². The van der Waals surface area contributed by atoms with Crippen LogP contribution in [0.3, 0.4) is 0 Å². The van der Waals surface area contributed by atoms with Gasteiger partial charge < -0.3 is 19.8 Å². The van der Waals surface area contributed by atoms with E-state index < -0.39 is 6.10 Å². The Morgan fingerprint density at radius 3 is 3.00 bits per heavy atom. The summed E-state index contributed by atoms with van der Waals surface area (Å²) in [6, 6.07) is 4.36. The minimum atomic E-state index is -0.589. The smallest absolute Gasteiger partial charge is 0.165 e. The lowest BCUT2D eigenvalue weighted by Crippen LogP contribution is -2.62. The molecular formula is C18H19NO3. The molecule has 2 fully saturated rings. The third-order valence-corrected chi connectivity index (χ3v) is 7.06. The van der Waals surface area contributed by atoms with Crippen molar-refractivity contribution in [2.75, 3.05) is 13.6 Å². The number of nitrogens with zero attached hydrogens (tertiary/aromatic N) is 1. The van der Waals surface area contributed by atoms with Crippen LogP contribution in [0.15, 0.2) is 24.3 Å². The van der Waals surface area contributed by atoms with E-state index in [0.29, 0.717) is 23.1 Å². The third kappa shape index (κ3) is 0.965. The molecule has 5 aliphatic rings. The lowest BCUT2D eigenvalue weighted by Gasteiger charge is -2.54. The molecule has 1 aromatic carbocycles. The zero-order chi connectivity index (χ0) is 14.9. The second-order valence-electron chi connectivity index (χ2n) is 8.00. The number of likely N-dealkylation sites (tertiary alicyclic amines) is 1. The average Bonchev–Trinajstić information content (AvgIpc) is 2.92. The van der Waals surface area contributed by atoms with Crippen LogP contribution in [0.4, 0.5) is 0 Å². The molecule has 6 rings (SSSR count). The predicted molar refractivity (Wildman–Crippen MR) is 80.0 cm³/mol. The molecular weight excluding hydrogens is 278 g/mol. The van der Waals surface area contributed by atoms with Gasteiger partial charge in [0.25, 0.3) is 0 Å². The first kappa shape index (κ1) is 12.0. The van der Waals surface area contributed by atoms with E-state index in [0.717, 1.165) is 19.4 Å². The highest BCUT2D eigenvalue weighted by molar-refractivity contribution is 5.63. The van der Waals surface area contributed by atoms with E-state index in [4.69, 9.17) is 4.74 Å². The summed E-state index contributed by atoms with van der Waals surface area (Å²) < 4.78 is 6.15. The first-order valence-corrected chi connectivity index (χ1v) is 8.15. The number of aliphatic hydroxyl groups is 1. The lowest BCUT2D eigenvalue weighted by atomic mass is 9.60. The summed E-state index contributed by atoms with van der Waals surface area (Å²) in [6.07, 6.45) is 5.44. The average molecular weight is 297 g/mol. The molecule has 2 spiro atoms. The summed E-state index contributed by atoms with van der Waals surface area (Å²) in [4.78, 5) is 2.46. The first-order chi connectivity index (χ1) is 10.6. The van der Waals surface area contributed by atoms with Crippen LogP contribution < -0.4 is 4.74 Å². The molecule has 0 radical (unpaired) electrons. The number of hydrogen-bond donors (Lipinski definition) is 2. The molecule has 2 N–H and O–H groups in total. The van der Waals surface area contributed by atoms with Crippen molar-refractivity contribution in [2.45, 2.75) is 36.5 Å². The topological polar surface area (TPSA) is 52.9 Å². The molecule has 0 amide bonds. The zero-order valence-corrected chi connectivity index (χ0v) is 12.5. The van der Waals surface area contributed by atoms with E-state index >= 15 is 0 Å². The maximum Gasteiger partial charge on any atom is 0.165 e. The fourth-order valence-corrected chi connectivity index (χ4v) is 6.74. The molecule has 4 nitrogen and oxygen atoms in total. The third-order valence-electron chi connectivity index (χ3n) is 7.06. The van der Waals surface area contributed by atoms with Gasteiger partial charge in [0, 0.05) is 34.9 Å². The van der Waals surface area contributed by atoms with Crippen LogP contribution in [0.1, 0.15) is 17.5 Å². The highest BCUT2D eigenvalue weighted by Crippen LogP contribution is 2.72. The van der Waals surface area contributed by atoms with Crippen molar-refractivity contribution in [1.82, 2.24) is 4.90 Å². The fraction of sp³-hybridized carbons (Fsp3) is 0.556. The van der Waals surface area contributed by atoms with Gasteiger partial charge in [0.2, 0.25) is 0 Å². The Morgan fingerprint density at radius 2 is 2.18 bits per heavy atom. The van der Waals surface area contributed by atoms with Crippen molar-refractivity contribution >= 4 is 0 Å². The molecule has 1 aromatic rings. The number of rotatable bonds is 0. The zero-order valence-electron chi connectivity index (χ0n) is 12.5.